The molecule has 0 atom stereocenters. The summed E-state index contributed by atoms with van der Waals surface area (Å²) in [6.07, 6.45) is 8.69. The number of anilines is 1. The average molecular weight is 565 g/mol. The third kappa shape index (κ3) is 7.48. The molecule has 1 heterocycles. The molecule has 1 aromatic carbocycles. The minimum Gasteiger partial charge on any atom is -0.468 e. The summed E-state index contributed by atoms with van der Waals surface area (Å²) in [5.74, 6) is -0.303. The van der Waals surface area contributed by atoms with Crippen LogP contribution in [0.25, 0.3) is 0 Å². The number of aromatic nitrogens is 1. The number of rotatable bonds is 9. The van der Waals surface area contributed by atoms with Gasteiger partial charge in [-0.25, -0.2) is 14.2 Å². The van der Waals surface area contributed by atoms with Gasteiger partial charge in [0.25, 0.3) is 5.91 Å². The molecule has 2 aromatic rings. The molecule has 1 aliphatic carbocycles. The van der Waals surface area contributed by atoms with Crippen LogP contribution in [-0.2, 0) is 30.4 Å². The quantitative estimate of drug-likeness (QED) is 0.175. The highest BCUT2D eigenvalue weighted by Crippen LogP contribution is 2.36. The van der Waals surface area contributed by atoms with E-state index in [-0.39, 0.29) is 45.9 Å². The van der Waals surface area contributed by atoms with Gasteiger partial charge in [0.05, 0.1) is 30.1 Å². The van der Waals surface area contributed by atoms with Gasteiger partial charge in [-0.15, -0.1) is 18.2 Å². The van der Waals surface area contributed by atoms with Crippen molar-refractivity contribution in [2.45, 2.75) is 37.1 Å². The summed E-state index contributed by atoms with van der Waals surface area (Å²) >= 11 is 13.2. The van der Waals surface area contributed by atoms with E-state index in [2.05, 4.69) is 15.6 Å². The van der Waals surface area contributed by atoms with Crippen molar-refractivity contribution in [3.05, 3.63) is 63.2 Å². The topological polar surface area (TPSA) is 85.8 Å². The molecule has 194 valence electrons. The van der Waals surface area contributed by atoms with Gasteiger partial charge in [0.2, 0.25) is 0 Å². The molecule has 1 aliphatic rings. The first-order chi connectivity index (χ1) is 17.7. The lowest BCUT2D eigenvalue weighted by Crippen LogP contribution is -2.34. The van der Waals surface area contributed by atoms with E-state index in [1.165, 1.54) is 24.3 Å². The highest BCUT2D eigenvalue weighted by atomic mass is 35.5. The Bertz CT molecular complexity index is 1260. The second kappa shape index (κ2) is 13.5. The molecule has 0 spiro atoms. The zero-order valence-corrected chi connectivity index (χ0v) is 22.2. The zero-order chi connectivity index (χ0) is 26.9. The summed E-state index contributed by atoms with van der Waals surface area (Å²) in [7, 11) is 1.26. The second-order valence-corrected chi connectivity index (χ2v) is 9.74. The maximum absolute atomic E-state index is 15.3. The molecular weight excluding hydrogens is 542 g/mol. The van der Waals surface area contributed by atoms with E-state index in [1.54, 1.807) is 12.1 Å². The van der Waals surface area contributed by atoms with Gasteiger partial charge in [-0.1, -0.05) is 35.2 Å². The monoisotopic (exact) mass is 564 g/mol. The first-order valence-corrected chi connectivity index (χ1v) is 12.9. The molecule has 0 unspecified atom stereocenters. The van der Waals surface area contributed by atoms with E-state index in [1.807, 2.05) is 0 Å². The minimum absolute atomic E-state index is 0.0628. The van der Waals surface area contributed by atoms with E-state index < -0.39 is 23.7 Å². The number of pyridine rings is 1. The van der Waals surface area contributed by atoms with Crippen LogP contribution in [0.3, 0.4) is 0 Å². The van der Waals surface area contributed by atoms with Gasteiger partial charge in [-0.05, 0) is 49.4 Å². The number of terminal acetylenes is 1. The van der Waals surface area contributed by atoms with Crippen LogP contribution in [-0.4, -0.2) is 42.3 Å². The Hall–Kier alpha value is -3.06. The Balaban J connectivity index is 2.08. The zero-order valence-electron chi connectivity index (χ0n) is 19.9. The number of esters is 2. The number of hydrogen-bond acceptors (Lipinski definition) is 7. The Kier molecular flexibility index (Phi) is 10.4. The highest BCUT2D eigenvalue weighted by molar-refractivity contribution is 8.00. The van der Waals surface area contributed by atoms with Crippen LogP contribution in [0.4, 0.5) is 10.1 Å². The molecule has 7 nitrogen and oxygen atoms in total. The van der Waals surface area contributed by atoms with E-state index in [0.29, 0.717) is 36.1 Å². The first-order valence-electron chi connectivity index (χ1n) is 11.2. The normalized spacial score (nSPS) is 13.1. The SMILES string of the molecule is C#CCOC(=O)C1=C(C(=O)N(Cc2ccc(Cl)nc2)c2cc(SCC(=O)OC)c(Cl)cc2F)CCCC1. The van der Waals surface area contributed by atoms with Crippen molar-refractivity contribution in [1.29, 1.82) is 0 Å². The fourth-order valence-electron chi connectivity index (χ4n) is 3.70. The lowest BCUT2D eigenvalue weighted by molar-refractivity contribution is -0.138. The Morgan fingerprint density at radius 2 is 1.92 bits per heavy atom. The van der Waals surface area contributed by atoms with Crippen LogP contribution in [0, 0.1) is 18.2 Å². The van der Waals surface area contributed by atoms with Gasteiger partial charge in [-0.3, -0.25) is 9.59 Å². The number of nitrogens with zero attached hydrogens (tertiary/aromatic N) is 2. The van der Waals surface area contributed by atoms with Crippen molar-refractivity contribution < 1.29 is 28.2 Å². The number of halogens is 3. The highest BCUT2D eigenvalue weighted by Gasteiger charge is 2.30. The molecule has 3 rings (SSSR count). The average Bonchev–Trinajstić information content (AvgIpc) is 2.90. The van der Waals surface area contributed by atoms with Crippen LogP contribution in [0.5, 0.6) is 0 Å². The fraction of sp³-hybridized carbons (Fsp3) is 0.308. The largest absolute Gasteiger partial charge is 0.468 e. The third-order valence-corrected chi connectivity index (χ3v) is 7.18. The van der Waals surface area contributed by atoms with Crippen molar-refractivity contribution in [2.24, 2.45) is 0 Å². The molecule has 0 saturated carbocycles. The molecule has 0 bridgehead atoms. The van der Waals surface area contributed by atoms with Gasteiger partial charge in [0.1, 0.15) is 11.0 Å². The van der Waals surface area contributed by atoms with E-state index in [0.717, 1.165) is 17.8 Å². The Labute approximate surface area is 228 Å². The maximum Gasteiger partial charge on any atom is 0.335 e. The molecule has 1 aromatic heterocycles. The van der Waals surface area contributed by atoms with Gasteiger partial charge in [0, 0.05) is 22.2 Å². The van der Waals surface area contributed by atoms with E-state index in [4.69, 9.17) is 34.4 Å². The maximum atomic E-state index is 15.3. The summed E-state index contributed by atoms with van der Waals surface area (Å²) in [6.45, 7) is -0.296. The predicted octanol–water partition coefficient (Wildman–Crippen LogP) is 5.37. The van der Waals surface area contributed by atoms with Crippen molar-refractivity contribution >= 4 is 58.5 Å². The molecule has 0 N–H and O–H groups in total. The second-order valence-electron chi connectivity index (χ2n) is 7.92. The lowest BCUT2D eigenvalue weighted by atomic mass is 9.90. The number of carbonyl (C=O) groups excluding carboxylic acids is 3. The molecule has 0 saturated heterocycles. The third-order valence-electron chi connectivity index (χ3n) is 5.50. The molecular formula is C26H23Cl2FN2O5S. The molecule has 1 amide bonds. The van der Waals surface area contributed by atoms with Gasteiger partial charge < -0.3 is 14.4 Å². The minimum atomic E-state index is -0.754. The fourth-order valence-corrected chi connectivity index (χ4v) is 4.91. The predicted molar refractivity (Wildman–Crippen MR) is 140 cm³/mol. The van der Waals surface area contributed by atoms with Crippen LogP contribution < -0.4 is 4.90 Å². The Morgan fingerprint density at radius 1 is 1.19 bits per heavy atom. The smallest absolute Gasteiger partial charge is 0.335 e. The van der Waals surface area contributed by atoms with Crippen molar-refractivity contribution in [1.82, 2.24) is 4.98 Å². The summed E-state index contributed by atoms with van der Waals surface area (Å²) < 4.78 is 25.1. The Morgan fingerprint density at radius 3 is 2.57 bits per heavy atom. The number of methoxy groups -OCH3 is 1. The molecule has 0 fully saturated rings. The number of thioether (sulfide) groups is 1. The summed E-state index contributed by atoms with van der Waals surface area (Å²) in [5, 5.41) is 0.334. The molecule has 37 heavy (non-hydrogen) atoms. The number of hydrogen-bond donors (Lipinski definition) is 0. The molecule has 11 heteroatoms. The van der Waals surface area contributed by atoms with Gasteiger partial charge in [-0.2, -0.15) is 0 Å². The first kappa shape index (κ1) is 28.5. The van der Waals surface area contributed by atoms with Crippen LogP contribution in [0.15, 0.2) is 46.5 Å². The van der Waals surface area contributed by atoms with Crippen LogP contribution in [0.1, 0.15) is 31.2 Å². The van der Waals surface area contributed by atoms with Crippen LogP contribution in [0.2, 0.25) is 10.2 Å². The molecule has 0 aliphatic heterocycles. The van der Waals surface area contributed by atoms with Gasteiger partial charge >= 0.3 is 11.9 Å². The number of carbonyl (C=O) groups is 3. The lowest BCUT2D eigenvalue weighted by Gasteiger charge is -2.28. The van der Waals surface area contributed by atoms with Crippen molar-refractivity contribution in [3.8, 4) is 12.3 Å². The van der Waals surface area contributed by atoms with E-state index in [9.17, 15) is 14.4 Å². The standard InChI is InChI=1S/C26H23Cl2FN2O5S/c1-3-10-36-26(34)18-7-5-4-6-17(18)25(33)31(14-16-8-9-23(28)30-13-16)21-12-22(19(27)11-20(21)29)37-15-24(32)35-2/h1,8-9,11-13H,4-7,10,14-15H2,2H3. The van der Waals surface area contributed by atoms with Gasteiger partial charge in [0.15, 0.2) is 6.61 Å². The summed E-state index contributed by atoms with van der Waals surface area (Å²) in [5.41, 5.74) is 0.948. The molecule has 0 radical (unpaired) electrons. The van der Waals surface area contributed by atoms with Crippen LogP contribution >= 0.6 is 35.0 Å². The summed E-state index contributed by atoms with van der Waals surface area (Å²) in [6, 6.07) is 5.69. The number of amides is 1. The van der Waals surface area contributed by atoms with E-state index >= 15 is 4.39 Å². The van der Waals surface area contributed by atoms with Crippen molar-refractivity contribution in [3.63, 3.8) is 0 Å². The summed E-state index contributed by atoms with van der Waals surface area (Å²) in [4.78, 5) is 43.8. The van der Waals surface area contributed by atoms with Crippen molar-refractivity contribution in [2.75, 3.05) is 24.4 Å². The number of ether oxygens (including phenoxy) is 2. The number of benzene rings is 1.